The Labute approximate surface area is 332 Å². The monoisotopic (exact) mass is 796 g/mol. The van der Waals surface area contributed by atoms with Gasteiger partial charge in [-0.3, -0.25) is 14.4 Å². The van der Waals surface area contributed by atoms with Crippen LogP contribution in [-0.4, -0.2) is 105 Å². The molecule has 0 radical (unpaired) electrons. The molecule has 6 rings (SSSR count). The van der Waals surface area contributed by atoms with Gasteiger partial charge in [-0.05, 0) is 32.8 Å². The van der Waals surface area contributed by atoms with E-state index in [0.717, 1.165) is 0 Å². The van der Waals surface area contributed by atoms with Crippen molar-refractivity contribution >= 4 is 39.8 Å². The van der Waals surface area contributed by atoms with E-state index in [1.807, 2.05) is 0 Å². The highest BCUT2D eigenvalue weighted by atomic mass is 16.7. The summed E-state index contributed by atoms with van der Waals surface area (Å²) in [7, 11) is 1.43. The summed E-state index contributed by atoms with van der Waals surface area (Å²) in [5, 5.41) is 70.9. The van der Waals surface area contributed by atoms with Gasteiger partial charge in [0.15, 0.2) is 5.75 Å². The molecular formula is C42H56N2O13. The van der Waals surface area contributed by atoms with Gasteiger partial charge in [0.05, 0.1) is 41.6 Å². The number of esters is 1. The number of nitrogens with zero attached hydrogens (tertiary/aromatic N) is 1. The molecular weight excluding hydrogens is 740 g/mol. The van der Waals surface area contributed by atoms with Crippen LogP contribution in [-0.2, 0) is 23.8 Å². The highest BCUT2D eigenvalue weighted by Crippen LogP contribution is 2.58. The van der Waals surface area contributed by atoms with E-state index in [1.165, 1.54) is 53.2 Å². The first-order chi connectivity index (χ1) is 26.7. The second-order valence-corrected chi connectivity index (χ2v) is 15.8. The van der Waals surface area contributed by atoms with Crippen LogP contribution in [0.5, 0.6) is 23.0 Å². The van der Waals surface area contributed by atoms with Crippen molar-refractivity contribution in [3.8, 4) is 23.0 Å². The fraction of sp³-hybridized carbons (Fsp3) is 0.548. The molecule has 2 aromatic carbocycles. The minimum Gasteiger partial charge on any atom is -0.507 e. The maximum atomic E-state index is 14.4. The minimum absolute atomic E-state index is 0.0245. The lowest BCUT2D eigenvalue weighted by Crippen LogP contribution is -2.46. The Morgan fingerprint density at radius 1 is 0.912 bits per heavy atom. The predicted molar refractivity (Wildman–Crippen MR) is 211 cm³/mol. The highest BCUT2D eigenvalue weighted by molar-refractivity contribution is 6.23. The Hall–Kier alpha value is -4.83. The van der Waals surface area contributed by atoms with Gasteiger partial charge < -0.3 is 59.8 Å². The zero-order valence-corrected chi connectivity index (χ0v) is 33.9. The van der Waals surface area contributed by atoms with Gasteiger partial charge in [-0.1, -0.05) is 45.9 Å². The van der Waals surface area contributed by atoms with Crippen LogP contribution in [0.4, 0.5) is 11.4 Å². The molecule has 57 heavy (non-hydrogen) atoms. The smallest absolute Gasteiger partial charge is 0.312 e. The highest BCUT2D eigenvalue weighted by Gasteiger charge is 2.50. The molecule has 7 N–H and O–H groups in total. The number of piperidine rings is 1. The number of methoxy groups -OCH3 is 1. The third kappa shape index (κ3) is 8.15. The van der Waals surface area contributed by atoms with Gasteiger partial charge >= 0.3 is 11.8 Å². The molecule has 5 bridgehead atoms. The first-order valence-electron chi connectivity index (χ1n) is 19.3. The number of ether oxygens (including phenoxy) is 4. The molecule has 9 unspecified atom stereocenters. The maximum absolute atomic E-state index is 14.4. The fourth-order valence-electron chi connectivity index (χ4n) is 8.10. The molecule has 2 aromatic rings. The molecule has 1 saturated heterocycles. The van der Waals surface area contributed by atoms with Gasteiger partial charge in [0.1, 0.15) is 34.7 Å². The van der Waals surface area contributed by atoms with Gasteiger partial charge in [-0.2, -0.15) is 0 Å². The normalized spacial score (nSPS) is 32.6. The van der Waals surface area contributed by atoms with Crippen LogP contribution in [0.2, 0.25) is 0 Å². The summed E-state index contributed by atoms with van der Waals surface area (Å²) < 4.78 is 23.6. The van der Waals surface area contributed by atoms with Crippen molar-refractivity contribution in [1.29, 1.82) is 0 Å². The summed E-state index contributed by atoms with van der Waals surface area (Å²) in [6, 6.07) is 0. The molecule has 0 aromatic heterocycles. The maximum Gasteiger partial charge on any atom is 0.312 e. The Balaban J connectivity index is 1.72. The van der Waals surface area contributed by atoms with Crippen LogP contribution in [0.1, 0.15) is 77.2 Å². The molecule has 15 nitrogen and oxygen atoms in total. The number of benzene rings is 2. The summed E-state index contributed by atoms with van der Waals surface area (Å²) in [5.74, 6) is -8.27. The van der Waals surface area contributed by atoms with Gasteiger partial charge in [-0.15, -0.1) is 0 Å². The quantitative estimate of drug-likeness (QED) is 0.127. The largest absolute Gasteiger partial charge is 0.507 e. The number of nitrogens with one attached hydrogen (secondary N) is 1. The number of rotatable bonds is 3. The van der Waals surface area contributed by atoms with Crippen LogP contribution in [0.25, 0.3) is 10.8 Å². The average Bonchev–Trinajstić information content (AvgIpc) is 3.43. The van der Waals surface area contributed by atoms with Gasteiger partial charge in [0.2, 0.25) is 0 Å². The Morgan fingerprint density at radius 3 is 2.18 bits per heavy atom. The van der Waals surface area contributed by atoms with Crippen LogP contribution < -0.4 is 15.0 Å². The average molecular weight is 797 g/mol. The standard InChI is InChI=1S/C42H56N2O13/c1-19-11-10-12-20(2)41(53)43-31-32(44-16-13-26(46)14-17-44)37(51)28-29(36(31)50)35(49)24(6)39-30(28)40(52)42(8,57-39)55-18-15-27(54-9)21(3)38(56-25(7)45)23(5)34(48)22(4)33(19)47/h10-12,15,18-19,21-23,26-27,33-34,38,46-51H,13-14,16-17H2,1-9H3,(H,43,53)/b11-10+,18-15+,20-12-. The lowest BCUT2D eigenvalue weighted by molar-refractivity contribution is -0.160. The first kappa shape index (κ1) is 43.3. The number of Topliss-reactive ketones (excluding diaryl/α,β-unsaturated/α-hetero) is 1. The van der Waals surface area contributed by atoms with Gasteiger partial charge in [-0.25, -0.2) is 0 Å². The summed E-state index contributed by atoms with van der Waals surface area (Å²) >= 11 is 0. The predicted octanol–water partition coefficient (Wildman–Crippen LogP) is 4.72. The van der Waals surface area contributed by atoms with Crippen molar-refractivity contribution in [2.75, 3.05) is 30.4 Å². The third-order valence-corrected chi connectivity index (χ3v) is 11.8. The van der Waals surface area contributed by atoms with Crippen LogP contribution in [0, 0.1) is 30.6 Å². The molecule has 4 aliphatic rings. The minimum atomic E-state index is -2.04. The number of hydrogen-bond acceptors (Lipinski definition) is 14. The van der Waals surface area contributed by atoms with E-state index in [4.69, 9.17) is 18.9 Å². The zero-order chi connectivity index (χ0) is 42.3. The zero-order valence-electron chi connectivity index (χ0n) is 33.9. The van der Waals surface area contributed by atoms with Gasteiger partial charge in [0, 0.05) is 74.2 Å². The lowest BCUT2D eigenvalue weighted by atomic mass is 9.78. The number of phenols is 3. The number of amides is 1. The molecule has 1 fully saturated rings. The summed E-state index contributed by atoms with van der Waals surface area (Å²) in [4.78, 5) is 42.1. The van der Waals surface area contributed by atoms with Crippen molar-refractivity contribution < 1.29 is 64.0 Å². The van der Waals surface area contributed by atoms with E-state index < -0.39 is 94.9 Å². The number of ketones is 1. The van der Waals surface area contributed by atoms with Crippen LogP contribution in [0.15, 0.2) is 36.1 Å². The number of allylic oxidation sites excluding steroid dienone is 2. The van der Waals surface area contributed by atoms with Crippen LogP contribution >= 0.6 is 0 Å². The Morgan fingerprint density at radius 2 is 1.56 bits per heavy atom. The van der Waals surface area contributed by atoms with E-state index in [9.17, 15) is 45.0 Å². The fourth-order valence-corrected chi connectivity index (χ4v) is 8.10. The van der Waals surface area contributed by atoms with E-state index in [-0.39, 0.29) is 57.7 Å². The van der Waals surface area contributed by atoms with Crippen molar-refractivity contribution in [2.24, 2.45) is 23.7 Å². The van der Waals surface area contributed by atoms with Crippen molar-refractivity contribution in [1.82, 2.24) is 0 Å². The Bertz CT molecular complexity index is 1980. The third-order valence-electron chi connectivity index (χ3n) is 11.8. The number of hydrogen-bond donors (Lipinski definition) is 7. The molecule has 0 spiro atoms. The number of aliphatic hydroxyl groups excluding tert-OH is 3. The first-order valence-corrected chi connectivity index (χ1v) is 19.3. The van der Waals surface area contributed by atoms with Crippen molar-refractivity contribution in [3.63, 3.8) is 0 Å². The number of carbonyl (C=O) groups excluding carboxylic acids is 3. The summed E-state index contributed by atoms with van der Waals surface area (Å²) in [6.45, 7) is 12.9. The molecule has 0 saturated carbocycles. The van der Waals surface area contributed by atoms with Crippen LogP contribution in [0.3, 0.4) is 0 Å². The number of fused-ring (bicyclic) bond motifs is 14. The molecule has 1 amide bonds. The number of aliphatic hydroxyl groups is 3. The van der Waals surface area contributed by atoms with E-state index >= 15 is 0 Å². The number of phenolic OH excluding ortho intramolecular Hbond substituents is 3. The number of carbonyl (C=O) groups is 3. The van der Waals surface area contributed by atoms with E-state index in [1.54, 1.807) is 44.7 Å². The SMILES string of the molecule is COC1/C=C/OC2(C)Oc3c(C)c(O)c4c(O)c(c(N5CCC(O)CC5)c(O)c4c3C2=O)NC(=O)/C(C)=C\C=C\C(C)C(O)C(C)C(O)C(C)C(OC(C)=O)C1C. The van der Waals surface area contributed by atoms with E-state index in [0.29, 0.717) is 12.8 Å². The topological polar surface area (TPSA) is 225 Å². The number of aromatic hydroxyl groups is 3. The van der Waals surface area contributed by atoms with Crippen molar-refractivity contribution in [3.05, 3.63) is 47.3 Å². The lowest BCUT2D eigenvalue weighted by Gasteiger charge is -2.38. The second-order valence-electron chi connectivity index (χ2n) is 15.8. The molecule has 9 atom stereocenters. The van der Waals surface area contributed by atoms with E-state index in [2.05, 4.69) is 5.32 Å². The molecule has 0 aliphatic carbocycles. The Kier molecular flexibility index (Phi) is 12.9. The second kappa shape index (κ2) is 16.9. The molecule has 4 aliphatic heterocycles. The summed E-state index contributed by atoms with van der Waals surface area (Å²) in [6.07, 6.45) is 3.57. The van der Waals surface area contributed by atoms with Gasteiger partial charge in [0.25, 0.3) is 11.7 Å². The number of anilines is 2. The molecule has 312 valence electrons. The molecule has 4 heterocycles. The van der Waals surface area contributed by atoms with Crippen molar-refractivity contribution in [2.45, 2.75) is 105 Å². The molecule has 15 heteroatoms. The summed E-state index contributed by atoms with van der Waals surface area (Å²) in [5.41, 5.74) is -0.185.